The molecule has 5 nitrogen and oxygen atoms in total. The maximum Gasteiger partial charge on any atom is 0.275 e. The number of unbranched alkanes of at least 4 members (excludes halogenated alkanes) is 1. The molecule has 0 fully saturated rings. The molecule has 23 heavy (non-hydrogen) atoms. The zero-order valence-corrected chi connectivity index (χ0v) is 14.0. The van der Waals surface area contributed by atoms with Crippen molar-refractivity contribution in [1.29, 1.82) is 0 Å². The van der Waals surface area contributed by atoms with E-state index in [1.807, 2.05) is 36.2 Å². The van der Waals surface area contributed by atoms with Gasteiger partial charge < -0.3 is 10.2 Å². The van der Waals surface area contributed by atoms with Crippen LogP contribution in [-0.2, 0) is 6.42 Å². The maximum absolute atomic E-state index is 12.3. The average Bonchev–Trinajstić information content (AvgIpc) is 2.60. The highest BCUT2D eigenvalue weighted by atomic mass is 16.1. The standard InChI is InChI=1S/C18H24N4O/c1-4-6-11-22(3)17-13-19-16(12-20-17)18(23)21-15-10-8-7-9-14(15)5-2/h7-10,12-13H,4-6,11H2,1-3H3,(H,21,23). The van der Waals surface area contributed by atoms with Crippen molar-refractivity contribution in [3.63, 3.8) is 0 Å². The molecule has 0 aliphatic carbocycles. The van der Waals surface area contributed by atoms with Crippen LogP contribution in [-0.4, -0.2) is 29.5 Å². The van der Waals surface area contributed by atoms with Crippen LogP contribution >= 0.6 is 0 Å². The minimum absolute atomic E-state index is 0.235. The van der Waals surface area contributed by atoms with Crippen molar-refractivity contribution in [2.24, 2.45) is 0 Å². The molecule has 0 saturated heterocycles. The summed E-state index contributed by atoms with van der Waals surface area (Å²) in [6, 6.07) is 7.78. The molecule has 0 bridgehead atoms. The lowest BCUT2D eigenvalue weighted by molar-refractivity contribution is 0.102. The summed E-state index contributed by atoms with van der Waals surface area (Å²) in [4.78, 5) is 22.9. The Morgan fingerprint density at radius 1 is 1.17 bits per heavy atom. The summed E-state index contributed by atoms with van der Waals surface area (Å²) in [7, 11) is 1.98. The van der Waals surface area contributed by atoms with Gasteiger partial charge in [-0.3, -0.25) is 4.79 Å². The molecular weight excluding hydrogens is 288 g/mol. The molecular formula is C18H24N4O. The topological polar surface area (TPSA) is 58.1 Å². The van der Waals surface area contributed by atoms with E-state index in [9.17, 15) is 4.79 Å². The van der Waals surface area contributed by atoms with Crippen molar-refractivity contribution in [3.8, 4) is 0 Å². The van der Waals surface area contributed by atoms with Gasteiger partial charge >= 0.3 is 0 Å². The molecule has 122 valence electrons. The van der Waals surface area contributed by atoms with E-state index in [4.69, 9.17) is 0 Å². The van der Waals surface area contributed by atoms with Crippen LogP contribution in [0.1, 0.15) is 42.7 Å². The van der Waals surface area contributed by atoms with Crippen molar-refractivity contribution in [1.82, 2.24) is 9.97 Å². The lowest BCUT2D eigenvalue weighted by atomic mass is 10.1. The molecule has 0 aliphatic rings. The first-order chi connectivity index (χ1) is 11.2. The van der Waals surface area contributed by atoms with Gasteiger partial charge in [-0.1, -0.05) is 38.5 Å². The lowest BCUT2D eigenvalue weighted by Gasteiger charge is -2.17. The molecule has 1 amide bonds. The number of aromatic nitrogens is 2. The minimum Gasteiger partial charge on any atom is -0.358 e. The van der Waals surface area contributed by atoms with Gasteiger partial charge in [-0.15, -0.1) is 0 Å². The lowest BCUT2D eigenvalue weighted by Crippen LogP contribution is -2.21. The predicted molar refractivity (Wildman–Crippen MR) is 94.0 cm³/mol. The molecule has 1 aromatic carbocycles. The molecule has 0 aliphatic heterocycles. The van der Waals surface area contributed by atoms with E-state index in [0.717, 1.165) is 42.9 Å². The molecule has 1 N–H and O–H groups in total. The molecule has 1 aromatic heterocycles. The number of para-hydroxylation sites is 1. The molecule has 0 unspecified atom stereocenters. The van der Waals surface area contributed by atoms with Crippen LogP contribution in [0.15, 0.2) is 36.7 Å². The summed E-state index contributed by atoms with van der Waals surface area (Å²) in [5, 5.41) is 2.91. The third-order valence-electron chi connectivity index (χ3n) is 3.76. The van der Waals surface area contributed by atoms with Gasteiger partial charge in [0, 0.05) is 19.3 Å². The number of nitrogens with zero attached hydrogens (tertiary/aromatic N) is 3. The summed E-state index contributed by atoms with van der Waals surface area (Å²) in [6.45, 7) is 5.15. The largest absolute Gasteiger partial charge is 0.358 e. The number of benzene rings is 1. The van der Waals surface area contributed by atoms with E-state index in [2.05, 4.69) is 29.1 Å². The predicted octanol–water partition coefficient (Wildman–Crippen LogP) is 3.53. The number of hydrogen-bond acceptors (Lipinski definition) is 4. The Morgan fingerprint density at radius 2 is 1.96 bits per heavy atom. The van der Waals surface area contributed by atoms with Crippen molar-refractivity contribution in [3.05, 3.63) is 47.9 Å². The maximum atomic E-state index is 12.3. The van der Waals surface area contributed by atoms with Gasteiger partial charge in [-0.25, -0.2) is 9.97 Å². The van der Waals surface area contributed by atoms with Crippen LogP contribution < -0.4 is 10.2 Å². The van der Waals surface area contributed by atoms with Crippen molar-refractivity contribution >= 4 is 17.4 Å². The molecule has 5 heteroatoms. The molecule has 2 rings (SSSR count). The van der Waals surface area contributed by atoms with Gasteiger partial charge in [0.1, 0.15) is 11.5 Å². The first-order valence-electron chi connectivity index (χ1n) is 8.08. The number of aryl methyl sites for hydroxylation is 1. The summed E-state index contributed by atoms with van der Waals surface area (Å²) in [6.07, 6.45) is 6.28. The van der Waals surface area contributed by atoms with Crippen molar-refractivity contribution < 1.29 is 4.79 Å². The highest BCUT2D eigenvalue weighted by molar-refractivity contribution is 6.03. The van der Waals surface area contributed by atoms with E-state index in [1.165, 1.54) is 6.20 Å². The molecule has 1 heterocycles. The first kappa shape index (κ1) is 16.9. The molecule has 2 aromatic rings. The van der Waals surface area contributed by atoms with Gasteiger partial charge in [0.2, 0.25) is 0 Å². The first-order valence-corrected chi connectivity index (χ1v) is 8.08. The Kier molecular flexibility index (Phi) is 6.09. The Bertz CT molecular complexity index is 640. The van der Waals surface area contributed by atoms with Crippen molar-refractivity contribution in [2.45, 2.75) is 33.1 Å². The molecule has 0 spiro atoms. The number of rotatable bonds is 7. The second kappa shape index (κ2) is 8.27. The van der Waals surface area contributed by atoms with Crippen LogP contribution in [0.4, 0.5) is 11.5 Å². The van der Waals surface area contributed by atoms with Crippen LogP contribution in [0.3, 0.4) is 0 Å². The number of anilines is 2. The minimum atomic E-state index is -0.235. The van der Waals surface area contributed by atoms with Gasteiger partial charge in [0.05, 0.1) is 12.4 Å². The summed E-state index contributed by atoms with van der Waals surface area (Å²) >= 11 is 0. The fourth-order valence-electron chi connectivity index (χ4n) is 2.28. The van der Waals surface area contributed by atoms with Gasteiger partial charge in [0.15, 0.2) is 0 Å². The van der Waals surface area contributed by atoms with E-state index in [1.54, 1.807) is 6.20 Å². The van der Waals surface area contributed by atoms with E-state index in [0.29, 0.717) is 5.69 Å². The van der Waals surface area contributed by atoms with E-state index < -0.39 is 0 Å². The number of nitrogens with one attached hydrogen (secondary N) is 1. The number of carbonyl (C=O) groups is 1. The fourth-order valence-corrected chi connectivity index (χ4v) is 2.28. The zero-order valence-electron chi connectivity index (χ0n) is 14.0. The summed E-state index contributed by atoms with van der Waals surface area (Å²) < 4.78 is 0. The van der Waals surface area contributed by atoms with Crippen molar-refractivity contribution in [2.75, 3.05) is 23.8 Å². The second-order valence-corrected chi connectivity index (χ2v) is 5.50. The molecule has 0 atom stereocenters. The second-order valence-electron chi connectivity index (χ2n) is 5.50. The van der Waals surface area contributed by atoms with Crippen LogP contribution in [0.25, 0.3) is 0 Å². The third kappa shape index (κ3) is 4.52. The number of carbonyl (C=O) groups excluding carboxylic acids is 1. The SMILES string of the molecule is CCCCN(C)c1cnc(C(=O)Nc2ccccc2CC)cn1. The van der Waals surface area contributed by atoms with Crippen LogP contribution in [0.5, 0.6) is 0 Å². The Morgan fingerprint density at radius 3 is 2.61 bits per heavy atom. The smallest absolute Gasteiger partial charge is 0.275 e. The quantitative estimate of drug-likeness (QED) is 0.849. The average molecular weight is 312 g/mol. The molecule has 0 radical (unpaired) electrons. The Balaban J connectivity index is 2.05. The highest BCUT2D eigenvalue weighted by Crippen LogP contribution is 2.16. The summed E-state index contributed by atoms with van der Waals surface area (Å²) in [5.41, 5.74) is 2.25. The molecule has 0 saturated carbocycles. The summed E-state index contributed by atoms with van der Waals surface area (Å²) in [5.74, 6) is 0.546. The Hall–Kier alpha value is -2.43. The normalized spacial score (nSPS) is 10.4. The van der Waals surface area contributed by atoms with Gasteiger partial charge in [-0.2, -0.15) is 0 Å². The van der Waals surface area contributed by atoms with Gasteiger partial charge in [-0.05, 0) is 24.5 Å². The van der Waals surface area contributed by atoms with E-state index in [-0.39, 0.29) is 5.91 Å². The number of hydrogen-bond donors (Lipinski definition) is 1. The zero-order chi connectivity index (χ0) is 16.7. The number of amides is 1. The van der Waals surface area contributed by atoms with Crippen LogP contribution in [0.2, 0.25) is 0 Å². The van der Waals surface area contributed by atoms with Crippen LogP contribution in [0, 0.1) is 0 Å². The van der Waals surface area contributed by atoms with Gasteiger partial charge in [0.25, 0.3) is 5.91 Å². The fraction of sp³-hybridized carbons (Fsp3) is 0.389. The van der Waals surface area contributed by atoms with E-state index >= 15 is 0 Å². The Labute approximate surface area is 137 Å². The highest BCUT2D eigenvalue weighted by Gasteiger charge is 2.11. The third-order valence-corrected chi connectivity index (χ3v) is 3.76. The monoisotopic (exact) mass is 312 g/mol.